The molecule has 0 radical (unpaired) electrons. The highest BCUT2D eigenvalue weighted by molar-refractivity contribution is 6.35. The van der Waals surface area contributed by atoms with Crippen molar-refractivity contribution < 1.29 is 9.84 Å². The van der Waals surface area contributed by atoms with Crippen LogP contribution >= 0.6 is 23.2 Å². The molecule has 0 heterocycles. The van der Waals surface area contributed by atoms with Gasteiger partial charge in [0, 0.05) is 23.6 Å². The Morgan fingerprint density at radius 1 is 1.24 bits per heavy atom. The van der Waals surface area contributed by atoms with E-state index in [2.05, 4.69) is 0 Å². The zero-order valence-corrected chi connectivity index (χ0v) is 11.8. The van der Waals surface area contributed by atoms with Crippen LogP contribution in [0.2, 0.25) is 10.0 Å². The second kappa shape index (κ2) is 6.60. The van der Waals surface area contributed by atoms with E-state index >= 15 is 0 Å². The second-order valence-electron chi connectivity index (χ2n) is 4.42. The third-order valence-corrected chi connectivity index (χ3v) is 3.49. The highest BCUT2D eigenvalue weighted by Gasteiger charge is 2.24. The molecule has 96 valence electrons. The molecule has 0 saturated carbocycles. The van der Waals surface area contributed by atoms with Gasteiger partial charge in [-0.2, -0.15) is 0 Å². The van der Waals surface area contributed by atoms with Crippen LogP contribution < -0.4 is 0 Å². The van der Waals surface area contributed by atoms with Crippen LogP contribution in [-0.4, -0.2) is 24.4 Å². The zero-order valence-electron chi connectivity index (χ0n) is 10.3. The fourth-order valence-corrected chi connectivity index (χ4v) is 2.48. The van der Waals surface area contributed by atoms with Gasteiger partial charge in [0.25, 0.3) is 0 Å². The Hall–Kier alpha value is -0.280. The maximum atomic E-state index is 10.1. The number of aliphatic hydroxyl groups excluding tert-OH is 1. The Morgan fingerprint density at radius 2 is 1.76 bits per heavy atom. The molecule has 0 amide bonds. The van der Waals surface area contributed by atoms with Gasteiger partial charge in [-0.05, 0) is 23.6 Å². The lowest BCUT2D eigenvalue weighted by atomic mass is 9.96. The summed E-state index contributed by atoms with van der Waals surface area (Å²) in [6, 6.07) is 5.33. The molecule has 2 atom stereocenters. The number of benzene rings is 1. The van der Waals surface area contributed by atoms with E-state index < -0.39 is 6.10 Å². The van der Waals surface area contributed by atoms with Crippen LogP contribution in [0.1, 0.15) is 19.4 Å². The van der Waals surface area contributed by atoms with Gasteiger partial charge in [0.15, 0.2) is 0 Å². The molecule has 0 aliphatic carbocycles. The molecule has 0 spiro atoms. The van der Waals surface area contributed by atoms with Crippen LogP contribution in [0.15, 0.2) is 18.2 Å². The summed E-state index contributed by atoms with van der Waals surface area (Å²) in [7, 11) is 1.60. The normalized spacial score (nSPS) is 15.0. The van der Waals surface area contributed by atoms with Gasteiger partial charge < -0.3 is 9.84 Å². The third-order valence-electron chi connectivity index (χ3n) is 2.78. The molecule has 0 saturated heterocycles. The molecule has 1 rings (SSSR count). The van der Waals surface area contributed by atoms with Gasteiger partial charge >= 0.3 is 0 Å². The summed E-state index contributed by atoms with van der Waals surface area (Å²) in [5.41, 5.74) is 0.769. The van der Waals surface area contributed by atoms with Gasteiger partial charge in [-0.1, -0.05) is 43.1 Å². The first-order chi connectivity index (χ1) is 7.97. The summed E-state index contributed by atoms with van der Waals surface area (Å²) in [4.78, 5) is 0. The fourth-order valence-electron chi connectivity index (χ4n) is 1.93. The number of hydrogen-bond donors (Lipinski definition) is 1. The number of rotatable bonds is 5. The van der Waals surface area contributed by atoms with Crippen LogP contribution in [0, 0.1) is 5.92 Å². The molecule has 0 bridgehead atoms. The lowest BCUT2D eigenvalue weighted by Gasteiger charge is -2.25. The molecule has 0 fully saturated rings. The highest BCUT2D eigenvalue weighted by Crippen LogP contribution is 2.27. The van der Waals surface area contributed by atoms with Crippen molar-refractivity contribution in [2.24, 2.45) is 5.92 Å². The SMILES string of the molecule is COC(C(C)C)C(O)Cc1c(Cl)cccc1Cl. The van der Waals surface area contributed by atoms with E-state index in [9.17, 15) is 5.11 Å². The van der Waals surface area contributed by atoms with Crippen LogP contribution in [0.4, 0.5) is 0 Å². The van der Waals surface area contributed by atoms with Crippen molar-refractivity contribution in [1.82, 2.24) is 0 Å². The average Bonchev–Trinajstić information content (AvgIpc) is 2.24. The van der Waals surface area contributed by atoms with Crippen LogP contribution in [0.3, 0.4) is 0 Å². The predicted molar refractivity (Wildman–Crippen MR) is 71.8 cm³/mol. The molecular formula is C13H18Cl2O2. The fraction of sp³-hybridized carbons (Fsp3) is 0.538. The summed E-state index contributed by atoms with van der Waals surface area (Å²) >= 11 is 12.1. The molecular weight excluding hydrogens is 259 g/mol. The van der Waals surface area contributed by atoms with E-state index in [0.29, 0.717) is 16.5 Å². The zero-order chi connectivity index (χ0) is 13.0. The van der Waals surface area contributed by atoms with Gasteiger partial charge in [-0.3, -0.25) is 0 Å². The van der Waals surface area contributed by atoms with E-state index in [1.807, 2.05) is 13.8 Å². The summed E-state index contributed by atoms with van der Waals surface area (Å²) in [6.45, 7) is 4.01. The summed E-state index contributed by atoms with van der Waals surface area (Å²) in [5, 5.41) is 11.3. The van der Waals surface area contributed by atoms with Crippen molar-refractivity contribution in [2.45, 2.75) is 32.5 Å². The lowest BCUT2D eigenvalue weighted by Crippen LogP contribution is -2.34. The first kappa shape index (κ1) is 14.8. The number of halogens is 2. The molecule has 17 heavy (non-hydrogen) atoms. The van der Waals surface area contributed by atoms with Crippen molar-refractivity contribution in [3.8, 4) is 0 Å². The Bertz CT molecular complexity index is 346. The Balaban J connectivity index is 2.83. The van der Waals surface area contributed by atoms with Gasteiger partial charge in [0.2, 0.25) is 0 Å². The summed E-state index contributed by atoms with van der Waals surface area (Å²) in [6.07, 6.45) is -0.436. The van der Waals surface area contributed by atoms with E-state index in [-0.39, 0.29) is 12.0 Å². The number of methoxy groups -OCH3 is 1. The molecule has 0 aliphatic heterocycles. The van der Waals surface area contributed by atoms with Gasteiger partial charge in [-0.15, -0.1) is 0 Å². The number of aliphatic hydroxyl groups is 1. The Kier molecular flexibility index (Phi) is 5.74. The maximum Gasteiger partial charge on any atom is 0.0856 e. The Morgan fingerprint density at radius 3 is 2.18 bits per heavy atom. The minimum Gasteiger partial charge on any atom is -0.390 e. The molecule has 2 nitrogen and oxygen atoms in total. The third kappa shape index (κ3) is 3.85. The van der Waals surface area contributed by atoms with Crippen LogP contribution in [0.5, 0.6) is 0 Å². The smallest absolute Gasteiger partial charge is 0.0856 e. The molecule has 1 aromatic carbocycles. The second-order valence-corrected chi connectivity index (χ2v) is 5.23. The number of hydrogen-bond acceptors (Lipinski definition) is 2. The van der Waals surface area contributed by atoms with Crippen LogP contribution in [-0.2, 0) is 11.2 Å². The van der Waals surface area contributed by atoms with Gasteiger partial charge in [-0.25, -0.2) is 0 Å². The highest BCUT2D eigenvalue weighted by atomic mass is 35.5. The molecule has 0 aliphatic rings. The maximum absolute atomic E-state index is 10.1. The van der Waals surface area contributed by atoms with E-state index in [0.717, 1.165) is 5.56 Å². The molecule has 1 aromatic rings. The number of ether oxygens (including phenoxy) is 1. The predicted octanol–water partition coefficient (Wildman–Crippen LogP) is 3.57. The lowest BCUT2D eigenvalue weighted by molar-refractivity contribution is -0.0367. The van der Waals surface area contributed by atoms with Crippen molar-refractivity contribution in [1.29, 1.82) is 0 Å². The minimum atomic E-state index is -0.614. The van der Waals surface area contributed by atoms with E-state index in [4.69, 9.17) is 27.9 Å². The monoisotopic (exact) mass is 276 g/mol. The van der Waals surface area contributed by atoms with E-state index in [1.54, 1.807) is 25.3 Å². The quantitative estimate of drug-likeness (QED) is 0.891. The average molecular weight is 277 g/mol. The first-order valence-corrected chi connectivity index (χ1v) is 6.36. The summed E-state index contributed by atoms with van der Waals surface area (Å²) < 4.78 is 5.29. The summed E-state index contributed by atoms with van der Waals surface area (Å²) in [5.74, 6) is 0.233. The first-order valence-electron chi connectivity index (χ1n) is 5.61. The van der Waals surface area contributed by atoms with Gasteiger partial charge in [0.05, 0.1) is 12.2 Å². The minimum absolute atomic E-state index is 0.220. The molecule has 2 unspecified atom stereocenters. The Labute approximate surface area is 113 Å². The van der Waals surface area contributed by atoms with Crippen molar-refractivity contribution in [2.75, 3.05) is 7.11 Å². The largest absolute Gasteiger partial charge is 0.390 e. The van der Waals surface area contributed by atoms with Crippen molar-refractivity contribution in [3.05, 3.63) is 33.8 Å². The topological polar surface area (TPSA) is 29.5 Å². The van der Waals surface area contributed by atoms with Crippen molar-refractivity contribution in [3.63, 3.8) is 0 Å². The van der Waals surface area contributed by atoms with Gasteiger partial charge in [0.1, 0.15) is 0 Å². The van der Waals surface area contributed by atoms with Crippen LogP contribution in [0.25, 0.3) is 0 Å². The molecule has 4 heteroatoms. The molecule has 1 N–H and O–H groups in total. The molecule has 0 aromatic heterocycles. The van der Waals surface area contributed by atoms with E-state index in [1.165, 1.54) is 0 Å². The standard InChI is InChI=1S/C13H18Cl2O2/c1-8(2)13(17-3)12(16)7-9-10(14)5-4-6-11(9)15/h4-6,8,12-13,16H,7H2,1-3H3. The van der Waals surface area contributed by atoms with Crippen molar-refractivity contribution >= 4 is 23.2 Å².